The van der Waals surface area contributed by atoms with Crippen molar-refractivity contribution in [3.8, 4) is 0 Å². The van der Waals surface area contributed by atoms with Crippen molar-refractivity contribution in [2.75, 3.05) is 47.4 Å². The van der Waals surface area contributed by atoms with Crippen LogP contribution in [0.25, 0.3) is 0 Å². The molecule has 0 aromatic heterocycles. The lowest BCUT2D eigenvalue weighted by Gasteiger charge is -2.41. The van der Waals surface area contributed by atoms with Crippen molar-refractivity contribution < 1.29 is 15.0 Å². The molecule has 12 nitrogen and oxygen atoms in total. The van der Waals surface area contributed by atoms with Crippen molar-refractivity contribution in [3.05, 3.63) is 0 Å². The molecule has 0 aliphatic carbocycles. The number of aliphatic hydroxyl groups excluding tert-OH is 1. The smallest absolute Gasteiger partial charge is 0.438 e. The Balaban J connectivity index is 5.18. The summed E-state index contributed by atoms with van der Waals surface area (Å²) in [5.74, 6) is 0. The molecule has 1 unspecified atom stereocenters. The second kappa shape index (κ2) is 11.6. The topological polar surface area (TPSA) is 153 Å². The number of nitrogens with zero attached hydrogens (tertiary/aromatic N) is 3. The Hall–Kier alpha value is -1.09. The molecule has 0 fully saturated rings. The van der Waals surface area contributed by atoms with Crippen LogP contribution in [0.15, 0.2) is 0 Å². The van der Waals surface area contributed by atoms with Crippen molar-refractivity contribution >= 4 is 6.09 Å². The summed E-state index contributed by atoms with van der Waals surface area (Å²) in [6.07, 6.45) is -1.87. The van der Waals surface area contributed by atoms with Crippen LogP contribution in [-0.4, -0.2) is 85.2 Å². The number of rotatable bonds is 12. The van der Waals surface area contributed by atoms with Crippen LogP contribution in [0, 0.1) is 0 Å². The average Bonchev–Trinajstić information content (AvgIpc) is 2.47. The Morgan fingerprint density at radius 1 is 1.29 bits per heavy atom. The molecule has 0 radical (unpaired) electrons. The van der Waals surface area contributed by atoms with E-state index in [9.17, 15) is 9.90 Å². The second-order valence-corrected chi connectivity index (χ2v) is 3.87. The molecule has 0 bridgehead atoms. The van der Waals surface area contributed by atoms with E-state index in [4.69, 9.17) is 10.8 Å². The molecule has 0 heterocycles. The number of amides is 1. The number of hydrogen-bond acceptors (Lipinski definition) is 10. The number of carboxylic acid groups (broad SMARTS) is 1. The Morgan fingerprint density at radius 2 is 1.95 bits per heavy atom. The molecule has 0 spiro atoms. The van der Waals surface area contributed by atoms with Crippen LogP contribution >= 0.6 is 0 Å². The largest absolute Gasteiger partial charge is 0.463 e. The van der Waals surface area contributed by atoms with Crippen LogP contribution in [0.1, 0.15) is 0 Å². The van der Waals surface area contributed by atoms with E-state index in [1.807, 2.05) is 0 Å². The van der Waals surface area contributed by atoms with Gasteiger partial charge in [-0.25, -0.2) is 26.1 Å². The summed E-state index contributed by atoms with van der Waals surface area (Å²) in [5, 5.41) is 21.9. The maximum atomic E-state index is 11.4. The highest BCUT2D eigenvalue weighted by atomic mass is 16.4. The van der Waals surface area contributed by atoms with Gasteiger partial charge in [0.05, 0.1) is 6.61 Å². The molecule has 0 aliphatic heterocycles. The van der Waals surface area contributed by atoms with E-state index in [0.717, 1.165) is 5.12 Å². The summed E-state index contributed by atoms with van der Waals surface area (Å²) >= 11 is 0. The minimum atomic E-state index is -1.25. The molecule has 1 amide bonds. The monoisotopic (exact) mass is 309 g/mol. The van der Waals surface area contributed by atoms with Crippen molar-refractivity contribution in [1.82, 2.24) is 42.4 Å². The molecule has 0 rings (SSSR count). The third-order valence-corrected chi connectivity index (χ3v) is 2.41. The predicted octanol–water partition coefficient (Wildman–Crippen LogP) is -3.78. The number of carbonyl (C=O) groups is 1. The Labute approximate surface area is 124 Å². The first-order chi connectivity index (χ1) is 10.0. The highest BCUT2D eigenvalue weighted by molar-refractivity contribution is 5.63. The van der Waals surface area contributed by atoms with Crippen LogP contribution in [0.3, 0.4) is 0 Å². The zero-order chi connectivity index (χ0) is 16.3. The molecule has 0 aliphatic rings. The maximum Gasteiger partial charge on any atom is 0.438 e. The first kappa shape index (κ1) is 19.9. The van der Waals surface area contributed by atoms with Crippen molar-refractivity contribution in [2.24, 2.45) is 5.73 Å². The van der Waals surface area contributed by atoms with Gasteiger partial charge in [0.15, 0.2) is 6.29 Å². The van der Waals surface area contributed by atoms with Gasteiger partial charge in [-0.05, 0) is 14.1 Å². The Bertz CT molecular complexity index is 283. The lowest BCUT2D eigenvalue weighted by atomic mass is 10.7. The van der Waals surface area contributed by atoms with Gasteiger partial charge in [-0.15, -0.1) is 5.12 Å². The first-order valence-corrected chi connectivity index (χ1v) is 6.46. The van der Waals surface area contributed by atoms with Crippen LogP contribution in [-0.2, 0) is 0 Å². The van der Waals surface area contributed by atoms with Gasteiger partial charge in [0.1, 0.15) is 0 Å². The number of nitrogens with one attached hydrogen (secondary N) is 5. The van der Waals surface area contributed by atoms with E-state index < -0.39 is 12.4 Å². The molecule has 126 valence electrons. The summed E-state index contributed by atoms with van der Waals surface area (Å²) in [6, 6.07) is 0. The van der Waals surface area contributed by atoms with Crippen molar-refractivity contribution in [1.29, 1.82) is 0 Å². The van der Waals surface area contributed by atoms with E-state index in [1.54, 1.807) is 26.2 Å². The van der Waals surface area contributed by atoms with Gasteiger partial charge in [0.2, 0.25) is 0 Å². The fourth-order valence-corrected chi connectivity index (χ4v) is 1.41. The number of hydrazine groups is 5. The quantitative estimate of drug-likeness (QED) is 0.132. The van der Waals surface area contributed by atoms with Crippen LogP contribution < -0.4 is 32.9 Å². The number of nitrogens with two attached hydrogens (primary N) is 1. The van der Waals surface area contributed by atoms with Gasteiger partial charge in [-0.1, -0.05) is 0 Å². The zero-order valence-electron chi connectivity index (χ0n) is 12.6. The summed E-state index contributed by atoms with van der Waals surface area (Å²) < 4.78 is 0. The number of hydrogen-bond donors (Lipinski definition) is 8. The third-order valence-electron chi connectivity index (χ3n) is 2.41. The highest BCUT2D eigenvalue weighted by Crippen LogP contribution is 2.00. The Kier molecular flexibility index (Phi) is 11.0. The molecule has 21 heavy (non-hydrogen) atoms. The third kappa shape index (κ3) is 6.94. The normalized spacial score (nSPS) is 12.9. The average molecular weight is 309 g/mol. The van der Waals surface area contributed by atoms with E-state index in [-0.39, 0.29) is 13.2 Å². The fourth-order valence-electron chi connectivity index (χ4n) is 1.41. The lowest BCUT2D eigenvalue weighted by Crippen LogP contribution is -2.72. The molecule has 0 saturated heterocycles. The fraction of sp³-hybridized carbons (Fsp3) is 0.889. The van der Waals surface area contributed by atoms with E-state index >= 15 is 0 Å². The molecule has 0 aromatic rings. The molecule has 9 N–H and O–H groups in total. The van der Waals surface area contributed by atoms with Gasteiger partial charge >= 0.3 is 6.09 Å². The minimum absolute atomic E-state index is 0.0721. The summed E-state index contributed by atoms with van der Waals surface area (Å²) in [4.78, 5) is 11.4. The number of aliphatic hydroxyl groups is 1. The molecular weight excluding hydrogens is 282 g/mol. The highest BCUT2D eigenvalue weighted by Gasteiger charge is 2.30. The predicted molar refractivity (Wildman–Crippen MR) is 76.7 cm³/mol. The maximum absolute atomic E-state index is 11.4. The SMILES string of the molecule is CNNC(N(C)NC)N(NCCN)N(NCCO)C(=O)O. The zero-order valence-corrected chi connectivity index (χ0v) is 12.6. The minimum Gasteiger partial charge on any atom is -0.463 e. The molecule has 12 heteroatoms. The molecule has 0 saturated carbocycles. The van der Waals surface area contributed by atoms with Gasteiger partial charge < -0.3 is 15.9 Å². The van der Waals surface area contributed by atoms with E-state index in [1.165, 1.54) is 5.12 Å². The lowest BCUT2D eigenvalue weighted by molar-refractivity contribution is -0.173. The molecule has 0 aromatic carbocycles. The molecular formula is C9H27N9O3. The van der Waals surface area contributed by atoms with Crippen molar-refractivity contribution in [3.63, 3.8) is 0 Å². The standard InChI is InChI=1S/C9H27N9O3/c1-11-15-8(16(3)12-2)17(13-5-4-10)18(9(20)21)14-6-7-19/h8,11-15,19H,4-7,10H2,1-3H3,(H,20,21). The first-order valence-electron chi connectivity index (χ1n) is 6.46. The van der Waals surface area contributed by atoms with E-state index in [2.05, 4.69) is 27.1 Å². The van der Waals surface area contributed by atoms with Crippen molar-refractivity contribution in [2.45, 2.75) is 6.29 Å². The van der Waals surface area contributed by atoms with Crippen LogP contribution in [0.2, 0.25) is 0 Å². The van der Waals surface area contributed by atoms with Crippen LogP contribution in [0.4, 0.5) is 4.79 Å². The summed E-state index contributed by atoms with van der Waals surface area (Å²) in [6.45, 7) is 0.534. The van der Waals surface area contributed by atoms with E-state index in [0.29, 0.717) is 13.1 Å². The van der Waals surface area contributed by atoms with Gasteiger partial charge in [0.25, 0.3) is 0 Å². The van der Waals surface area contributed by atoms with Gasteiger partial charge in [0, 0.05) is 26.7 Å². The summed E-state index contributed by atoms with van der Waals surface area (Å²) in [5.41, 5.74) is 19.4. The van der Waals surface area contributed by atoms with Gasteiger partial charge in [-0.3, -0.25) is 10.9 Å². The van der Waals surface area contributed by atoms with Crippen LogP contribution in [0.5, 0.6) is 0 Å². The second-order valence-electron chi connectivity index (χ2n) is 3.87. The Morgan fingerprint density at radius 3 is 2.38 bits per heavy atom. The van der Waals surface area contributed by atoms with Gasteiger partial charge in [-0.2, -0.15) is 5.12 Å². The summed E-state index contributed by atoms with van der Waals surface area (Å²) in [7, 11) is 5.07. The molecule has 1 atom stereocenters.